The predicted molar refractivity (Wildman–Crippen MR) is 133 cm³/mol. The summed E-state index contributed by atoms with van der Waals surface area (Å²) in [5, 5.41) is 7.00. The lowest BCUT2D eigenvalue weighted by atomic mass is 10.1. The van der Waals surface area contributed by atoms with Gasteiger partial charge in [-0.1, -0.05) is 26.7 Å². The number of nitrogens with zero attached hydrogens (tertiary/aromatic N) is 1. The Morgan fingerprint density at radius 2 is 2.03 bits per heavy atom. The molecule has 0 fully saturated rings. The molecule has 5 nitrogen and oxygen atoms in total. The third kappa shape index (κ3) is 7.27. The number of aliphatic hydroxyl groups is 1. The molecule has 2 aromatic carbocycles. The largest absolute Gasteiger partial charge is 0.464 e. The van der Waals surface area contributed by atoms with E-state index in [1.165, 1.54) is 24.5 Å². The van der Waals surface area contributed by atoms with Crippen LogP contribution >= 0.6 is 23.7 Å². The minimum Gasteiger partial charge on any atom is -0.464 e. The average Bonchev–Trinajstić information content (AvgIpc) is 2.99. The second-order valence-electron chi connectivity index (χ2n) is 6.93. The van der Waals surface area contributed by atoms with E-state index in [1.54, 1.807) is 23.7 Å². The van der Waals surface area contributed by atoms with Crippen molar-refractivity contribution in [2.24, 2.45) is 0 Å². The van der Waals surface area contributed by atoms with Crippen molar-refractivity contribution in [1.82, 2.24) is 4.72 Å². The van der Waals surface area contributed by atoms with Gasteiger partial charge in [-0.15, -0.1) is 11.8 Å². The van der Waals surface area contributed by atoms with Crippen molar-refractivity contribution < 1.29 is 19.0 Å². The number of nitrogens with one attached hydrogen (secondary N) is 1. The molecule has 1 aliphatic heterocycles. The Morgan fingerprint density at radius 1 is 1.28 bits per heavy atom. The van der Waals surface area contributed by atoms with Crippen LogP contribution in [0.15, 0.2) is 58.5 Å². The fourth-order valence-electron chi connectivity index (χ4n) is 3.30. The van der Waals surface area contributed by atoms with Crippen molar-refractivity contribution in [3.05, 3.63) is 54.6 Å². The molecule has 32 heavy (non-hydrogen) atoms. The number of anilines is 2. The molecule has 0 aliphatic carbocycles. The van der Waals surface area contributed by atoms with Crippen LogP contribution in [0.2, 0.25) is 0 Å². The van der Waals surface area contributed by atoms with Gasteiger partial charge in [0.15, 0.2) is 0 Å². The number of hydrogen-bond donors (Lipinski definition) is 2. The molecule has 8 heteroatoms. The summed E-state index contributed by atoms with van der Waals surface area (Å²) in [6, 6.07) is 11.1. The van der Waals surface area contributed by atoms with Crippen LogP contribution in [0.3, 0.4) is 0 Å². The molecule has 2 N–H and O–H groups in total. The van der Waals surface area contributed by atoms with Crippen molar-refractivity contribution in [2.75, 3.05) is 24.3 Å². The molecule has 1 atom stereocenters. The van der Waals surface area contributed by atoms with Gasteiger partial charge in [-0.2, -0.15) is 0 Å². The lowest BCUT2D eigenvalue weighted by molar-refractivity contribution is -0.104. The number of carbonyl (C=O) groups is 1. The van der Waals surface area contributed by atoms with Gasteiger partial charge in [0, 0.05) is 31.5 Å². The molecular weight excluding hydrogens is 447 g/mol. The van der Waals surface area contributed by atoms with E-state index in [9.17, 15) is 9.18 Å². The van der Waals surface area contributed by atoms with E-state index >= 15 is 0 Å². The standard InChI is InChI=1S/C23H27FN2O2S2.CH4O/c1-3-5-7-18-16-26(19-10-8-17(24)9-11-19)20-14-23(29-4-2)21(28-13-6-12-27)15-22(20)30-25-18;1-2/h6,8-15,18,25H,3-5,7,16H2,1-2H3;2H,1H3/b13-6+;. The van der Waals surface area contributed by atoms with E-state index in [0.717, 1.165) is 65.6 Å². The van der Waals surface area contributed by atoms with Crippen LogP contribution in [0.1, 0.15) is 33.1 Å². The Hall–Kier alpha value is -2.00. The van der Waals surface area contributed by atoms with E-state index in [0.29, 0.717) is 12.3 Å². The van der Waals surface area contributed by atoms with Crippen molar-refractivity contribution in [2.45, 2.75) is 48.9 Å². The fraction of sp³-hybridized carbons (Fsp3) is 0.375. The van der Waals surface area contributed by atoms with Crippen molar-refractivity contribution in [1.29, 1.82) is 0 Å². The fourth-order valence-corrected chi connectivity index (χ4v) is 4.98. The predicted octanol–water partition coefficient (Wildman–Crippen LogP) is 5.94. The Kier molecular flexibility index (Phi) is 11.7. The SMILES string of the molecule is CCCCC1CN(c2ccc(F)cc2)c2cc(SCC)c(O/C=C/C=O)cc2SN1.CO. The van der Waals surface area contributed by atoms with Crippen LogP contribution in [-0.4, -0.2) is 36.8 Å². The summed E-state index contributed by atoms with van der Waals surface area (Å²) in [6.45, 7) is 5.09. The Bertz CT molecular complexity index is 878. The normalized spacial score (nSPS) is 15.5. The highest BCUT2D eigenvalue weighted by atomic mass is 32.2. The number of allylic oxidation sites excluding steroid dienone is 1. The summed E-state index contributed by atoms with van der Waals surface area (Å²) in [6.07, 6.45) is 6.80. The summed E-state index contributed by atoms with van der Waals surface area (Å²) in [4.78, 5) is 14.9. The maximum absolute atomic E-state index is 13.6. The van der Waals surface area contributed by atoms with E-state index < -0.39 is 0 Å². The molecule has 0 radical (unpaired) electrons. The number of rotatable bonds is 9. The smallest absolute Gasteiger partial charge is 0.145 e. The number of hydrogen-bond acceptors (Lipinski definition) is 7. The Labute approximate surface area is 198 Å². The second-order valence-corrected chi connectivity index (χ2v) is 9.11. The maximum atomic E-state index is 13.6. The summed E-state index contributed by atoms with van der Waals surface area (Å²) in [5.74, 6) is 1.38. The van der Waals surface area contributed by atoms with Gasteiger partial charge in [-0.3, -0.25) is 9.52 Å². The van der Waals surface area contributed by atoms with Crippen LogP contribution < -0.4 is 14.4 Å². The third-order valence-corrected chi connectivity index (χ3v) is 6.67. The number of unbranched alkanes of at least 4 members (excludes halogenated alkanes) is 1. The first-order chi connectivity index (χ1) is 15.7. The van der Waals surface area contributed by atoms with Gasteiger partial charge in [0.05, 0.1) is 21.7 Å². The quantitative estimate of drug-likeness (QED) is 0.152. The molecule has 1 aliphatic rings. The van der Waals surface area contributed by atoms with E-state index in [-0.39, 0.29) is 5.82 Å². The zero-order valence-corrected chi connectivity index (χ0v) is 20.3. The van der Waals surface area contributed by atoms with Gasteiger partial charge in [-0.05, 0) is 60.5 Å². The lowest BCUT2D eigenvalue weighted by Gasteiger charge is -2.28. The topological polar surface area (TPSA) is 61.8 Å². The summed E-state index contributed by atoms with van der Waals surface area (Å²) in [7, 11) is 1.00. The van der Waals surface area contributed by atoms with Gasteiger partial charge in [0.2, 0.25) is 0 Å². The molecule has 0 aromatic heterocycles. The molecule has 1 unspecified atom stereocenters. The van der Waals surface area contributed by atoms with Crippen molar-refractivity contribution in [3.63, 3.8) is 0 Å². The second kappa shape index (κ2) is 14.2. The minimum atomic E-state index is -0.239. The number of aliphatic hydroxyl groups excluding tert-OH is 1. The minimum absolute atomic E-state index is 0.239. The number of halogens is 1. The number of fused-ring (bicyclic) bond motifs is 1. The molecule has 0 amide bonds. The van der Waals surface area contributed by atoms with E-state index in [4.69, 9.17) is 9.84 Å². The molecule has 0 spiro atoms. The van der Waals surface area contributed by atoms with Crippen molar-refractivity contribution >= 4 is 41.4 Å². The summed E-state index contributed by atoms with van der Waals surface area (Å²) < 4.78 is 22.9. The van der Waals surface area contributed by atoms with Gasteiger partial charge < -0.3 is 14.7 Å². The molecule has 3 rings (SSSR count). The Balaban J connectivity index is 0.00000176. The first-order valence-corrected chi connectivity index (χ1v) is 12.4. The first kappa shape index (κ1) is 26.3. The first-order valence-electron chi connectivity index (χ1n) is 10.6. The van der Waals surface area contributed by atoms with Gasteiger partial charge in [0.25, 0.3) is 0 Å². The van der Waals surface area contributed by atoms with E-state index in [2.05, 4.69) is 29.5 Å². The molecule has 0 bridgehead atoms. The molecule has 0 saturated carbocycles. The Morgan fingerprint density at radius 3 is 2.69 bits per heavy atom. The number of thioether (sulfide) groups is 1. The lowest BCUT2D eigenvalue weighted by Crippen LogP contribution is -2.34. The molecule has 174 valence electrons. The molecule has 1 heterocycles. The van der Waals surface area contributed by atoms with Gasteiger partial charge in [-0.25, -0.2) is 4.39 Å². The molecule has 2 aromatic rings. The van der Waals surface area contributed by atoms with Gasteiger partial charge >= 0.3 is 0 Å². The zero-order valence-electron chi connectivity index (χ0n) is 18.7. The van der Waals surface area contributed by atoms with Crippen LogP contribution in [-0.2, 0) is 4.79 Å². The average molecular weight is 479 g/mol. The van der Waals surface area contributed by atoms with Crippen LogP contribution in [0.25, 0.3) is 0 Å². The number of aldehydes is 1. The maximum Gasteiger partial charge on any atom is 0.145 e. The molecular formula is C24H31FN2O3S2. The highest BCUT2D eigenvalue weighted by Crippen LogP contribution is 2.43. The van der Waals surface area contributed by atoms with Crippen LogP contribution in [0, 0.1) is 5.82 Å². The number of carbonyl (C=O) groups excluding carboxylic acids is 1. The zero-order chi connectivity index (χ0) is 23.3. The van der Waals surface area contributed by atoms with Gasteiger partial charge in [0.1, 0.15) is 17.9 Å². The molecule has 0 saturated heterocycles. The monoisotopic (exact) mass is 478 g/mol. The van der Waals surface area contributed by atoms with Crippen LogP contribution in [0.4, 0.5) is 15.8 Å². The number of benzene rings is 2. The van der Waals surface area contributed by atoms with Crippen LogP contribution in [0.5, 0.6) is 5.75 Å². The van der Waals surface area contributed by atoms with Crippen molar-refractivity contribution in [3.8, 4) is 5.75 Å². The summed E-state index contributed by atoms with van der Waals surface area (Å²) >= 11 is 3.29. The third-order valence-electron chi connectivity index (χ3n) is 4.75. The number of ether oxygens (including phenoxy) is 1. The highest BCUT2D eigenvalue weighted by molar-refractivity contribution is 7.99. The highest BCUT2D eigenvalue weighted by Gasteiger charge is 2.25. The summed E-state index contributed by atoms with van der Waals surface area (Å²) in [5.41, 5.74) is 2.03. The van der Waals surface area contributed by atoms with E-state index in [1.807, 2.05) is 18.2 Å².